The molecule has 0 bridgehead atoms. The first kappa shape index (κ1) is 24.7. The van der Waals surface area contributed by atoms with E-state index < -0.39 is 6.17 Å². The van der Waals surface area contributed by atoms with Crippen molar-refractivity contribution >= 4 is 28.3 Å². The van der Waals surface area contributed by atoms with Crippen LogP contribution in [0, 0.1) is 5.82 Å². The van der Waals surface area contributed by atoms with Gasteiger partial charge in [-0.05, 0) is 74.9 Å². The minimum absolute atomic E-state index is 0.0326. The maximum Gasteiger partial charge on any atom is 0.227 e. The zero-order valence-electron chi connectivity index (χ0n) is 22.1. The second kappa shape index (κ2) is 10.3. The number of aliphatic imine (C=N–C) groups is 1. The van der Waals surface area contributed by atoms with Crippen molar-refractivity contribution in [3.63, 3.8) is 0 Å². The topological polar surface area (TPSA) is 78.5 Å². The van der Waals surface area contributed by atoms with Crippen LogP contribution in [0.4, 0.5) is 10.1 Å². The van der Waals surface area contributed by atoms with Gasteiger partial charge >= 0.3 is 0 Å². The van der Waals surface area contributed by atoms with Crippen molar-refractivity contribution in [2.24, 2.45) is 15.2 Å². The Morgan fingerprint density at radius 2 is 1.92 bits per heavy atom. The van der Waals surface area contributed by atoms with E-state index >= 15 is 0 Å². The number of amidine groups is 1. The molecule has 3 heterocycles. The number of halogens is 1. The zero-order valence-corrected chi connectivity index (χ0v) is 22.1. The molecule has 1 aliphatic carbocycles. The summed E-state index contributed by atoms with van der Waals surface area (Å²) in [5.74, 6) is 0.387. The summed E-state index contributed by atoms with van der Waals surface area (Å²) in [4.78, 5) is 22.1. The molecule has 0 radical (unpaired) electrons. The molecule has 3 aliphatic rings. The third kappa shape index (κ3) is 4.81. The van der Waals surface area contributed by atoms with E-state index in [9.17, 15) is 9.18 Å². The van der Waals surface area contributed by atoms with Crippen LogP contribution in [0.1, 0.15) is 56.8 Å². The molecule has 3 aromatic rings. The number of fused-ring (bicyclic) bond motifs is 1. The van der Waals surface area contributed by atoms with E-state index in [1.54, 1.807) is 6.92 Å². The molecule has 0 spiro atoms. The van der Waals surface area contributed by atoms with E-state index in [-0.39, 0.29) is 24.2 Å². The van der Waals surface area contributed by atoms with Crippen LogP contribution >= 0.6 is 0 Å². The highest BCUT2D eigenvalue weighted by atomic mass is 19.1. The Hall–Kier alpha value is -3.62. The SMILES string of the molecule is CCc1nn(C2CCC2)c2cc(N3CCN(C(=O)CC4N=NC(C)=N4)C(Cc4ccc(F)cc4)C3)ccc12. The molecule has 1 amide bonds. The van der Waals surface area contributed by atoms with Crippen molar-refractivity contribution in [2.75, 3.05) is 24.5 Å². The summed E-state index contributed by atoms with van der Waals surface area (Å²) in [5, 5.41) is 14.3. The molecule has 2 aliphatic heterocycles. The van der Waals surface area contributed by atoms with Gasteiger partial charge in [0.25, 0.3) is 0 Å². The molecule has 2 fully saturated rings. The molecule has 6 rings (SSSR count). The lowest BCUT2D eigenvalue weighted by atomic mass is 9.93. The molecule has 1 aromatic heterocycles. The average molecular weight is 516 g/mol. The number of hydrogen-bond acceptors (Lipinski definition) is 6. The van der Waals surface area contributed by atoms with Crippen molar-refractivity contribution in [2.45, 2.75) is 70.6 Å². The first-order chi connectivity index (χ1) is 18.5. The van der Waals surface area contributed by atoms with E-state index in [1.807, 2.05) is 17.0 Å². The number of carbonyl (C=O) groups is 1. The molecule has 8 nitrogen and oxygen atoms in total. The van der Waals surface area contributed by atoms with Crippen LogP contribution in [0.3, 0.4) is 0 Å². The normalized spacial score (nSPS) is 21.7. The summed E-state index contributed by atoms with van der Waals surface area (Å²) < 4.78 is 15.8. The third-order valence-corrected chi connectivity index (χ3v) is 8.10. The summed E-state index contributed by atoms with van der Waals surface area (Å²) in [5.41, 5.74) is 4.53. The average Bonchev–Trinajstić information content (AvgIpc) is 3.46. The van der Waals surface area contributed by atoms with E-state index in [2.05, 4.69) is 49.9 Å². The Bertz CT molecular complexity index is 1390. The summed E-state index contributed by atoms with van der Waals surface area (Å²) in [6, 6.07) is 13.7. The van der Waals surface area contributed by atoms with Crippen LogP contribution in [0.25, 0.3) is 10.9 Å². The minimum atomic E-state index is -0.436. The highest BCUT2D eigenvalue weighted by Crippen LogP contribution is 2.36. The Kier molecular flexibility index (Phi) is 6.68. The summed E-state index contributed by atoms with van der Waals surface area (Å²) >= 11 is 0. The van der Waals surface area contributed by atoms with E-state index in [0.29, 0.717) is 31.4 Å². The van der Waals surface area contributed by atoms with Gasteiger partial charge in [-0.25, -0.2) is 9.38 Å². The van der Waals surface area contributed by atoms with Crippen LogP contribution in [0.2, 0.25) is 0 Å². The molecular formula is C29H34FN7O. The van der Waals surface area contributed by atoms with Crippen molar-refractivity contribution in [3.05, 3.63) is 59.5 Å². The van der Waals surface area contributed by atoms with Gasteiger partial charge in [0.15, 0.2) is 6.17 Å². The fraction of sp³-hybridized carbons (Fsp3) is 0.483. The molecule has 2 atom stereocenters. The molecule has 38 heavy (non-hydrogen) atoms. The minimum Gasteiger partial charge on any atom is -0.368 e. The number of aryl methyl sites for hydroxylation is 1. The number of amides is 1. The van der Waals surface area contributed by atoms with Crippen molar-refractivity contribution < 1.29 is 9.18 Å². The number of benzene rings is 2. The van der Waals surface area contributed by atoms with Crippen LogP contribution in [0.15, 0.2) is 57.7 Å². The number of anilines is 1. The second-order valence-electron chi connectivity index (χ2n) is 10.6. The smallest absolute Gasteiger partial charge is 0.227 e. The summed E-state index contributed by atoms with van der Waals surface area (Å²) in [6.45, 7) is 6.00. The molecule has 0 N–H and O–H groups in total. The molecular weight excluding hydrogens is 481 g/mol. The van der Waals surface area contributed by atoms with E-state index in [4.69, 9.17) is 5.10 Å². The standard InChI is InChI=1S/C29H34FN7O/c1-3-26-25-12-11-23(16-27(25)37(34-26)22-5-4-6-22)35-13-14-36(29(38)17-28-31-19(2)32-33-28)24(18-35)15-20-7-9-21(30)10-8-20/h7-12,16,22,24,28H,3-6,13-15,17-18H2,1-2H3. The van der Waals surface area contributed by atoms with Crippen LogP contribution in [-0.2, 0) is 17.6 Å². The number of rotatable bonds is 7. The quantitative estimate of drug-likeness (QED) is 0.427. The fourth-order valence-corrected chi connectivity index (χ4v) is 5.82. The van der Waals surface area contributed by atoms with Gasteiger partial charge in [0.05, 0.1) is 29.7 Å². The van der Waals surface area contributed by atoms with Gasteiger partial charge in [-0.3, -0.25) is 9.48 Å². The van der Waals surface area contributed by atoms with E-state index in [1.165, 1.54) is 42.3 Å². The first-order valence-corrected chi connectivity index (χ1v) is 13.7. The Balaban J connectivity index is 1.26. The van der Waals surface area contributed by atoms with Crippen LogP contribution in [0.5, 0.6) is 0 Å². The molecule has 198 valence electrons. The van der Waals surface area contributed by atoms with Crippen molar-refractivity contribution in [1.29, 1.82) is 0 Å². The van der Waals surface area contributed by atoms with Gasteiger partial charge in [0.2, 0.25) is 5.91 Å². The highest BCUT2D eigenvalue weighted by Gasteiger charge is 2.33. The van der Waals surface area contributed by atoms with Gasteiger partial charge in [-0.15, -0.1) is 5.11 Å². The van der Waals surface area contributed by atoms with Gasteiger partial charge in [0, 0.05) is 30.7 Å². The molecule has 9 heteroatoms. The van der Waals surface area contributed by atoms with Crippen molar-refractivity contribution in [3.8, 4) is 0 Å². The molecule has 1 saturated heterocycles. The maximum atomic E-state index is 13.6. The monoisotopic (exact) mass is 515 g/mol. The first-order valence-electron chi connectivity index (χ1n) is 13.7. The number of piperazine rings is 1. The maximum absolute atomic E-state index is 13.6. The predicted molar refractivity (Wildman–Crippen MR) is 146 cm³/mol. The second-order valence-corrected chi connectivity index (χ2v) is 10.6. The highest BCUT2D eigenvalue weighted by molar-refractivity contribution is 5.86. The Labute approximate surface area is 222 Å². The Morgan fingerprint density at radius 1 is 1.11 bits per heavy atom. The number of azo groups is 1. The lowest BCUT2D eigenvalue weighted by Crippen LogP contribution is -2.56. The Morgan fingerprint density at radius 3 is 2.61 bits per heavy atom. The molecule has 2 aromatic carbocycles. The number of carbonyl (C=O) groups excluding carboxylic acids is 1. The van der Waals surface area contributed by atoms with Crippen LogP contribution in [-0.4, -0.2) is 58.3 Å². The fourth-order valence-electron chi connectivity index (χ4n) is 5.82. The zero-order chi connectivity index (χ0) is 26.2. The van der Waals surface area contributed by atoms with Gasteiger partial charge < -0.3 is 9.80 Å². The van der Waals surface area contributed by atoms with Gasteiger partial charge in [-0.2, -0.15) is 10.2 Å². The third-order valence-electron chi connectivity index (χ3n) is 8.10. The lowest BCUT2D eigenvalue weighted by molar-refractivity contribution is -0.134. The molecule has 2 unspecified atom stereocenters. The number of aromatic nitrogens is 2. The summed E-state index contributed by atoms with van der Waals surface area (Å²) in [7, 11) is 0. The largest absolute Gasteiger partial charge is 0.368 e. The predicted octanol–water partition coefficient (Wildman–Crippen LogP) is 5.32. The van der Waals surface area contributed by atoms with Crippen LogP contribution < -0.4 is 4.90 Å². The van der Waals surface area contributed by atoms with Gasteiger partial charge in [-0.1, -0.05) is 19.1 Å². The number of nitrogens with zero attached hydrogens (tertiary/aromatic N) is 7. The molecule has 1 saturated carbocycles. The van der Waals surface area contributed by atoms with Crippen molar-refractivity contribution in [1.82, 2.24) is 14.7 Å². The summed E-state index contributed by atoms with van der Waals surface area (Å²) in [6.07, 6.45) is 4.99. The van der Waals surface area contributed by atoms with E-state index in [0.717, 1.165) is 29.9 Å². The lowest BCUT2D eigenvalue weighted by Gasteiger charge is -2.43. The number of hydrogen-bond donors (Lipinski definition) is 0. The van der Waals surface area contributed by atoms with Gasteiger partial charge in [0.1, 0.15) is 11.7 Å².